The van der Waals surface area contributed by atoms with Crippen LogP contribution in [0.15, 0.2) is 58.5 Å². The zero-order valence-electron chi connectivity index (χ0n) is 15.3. The molecule has 4 aromatic rings. The molecule has 5 rings (SSSR count). The first-order chi connectivity index (χ1) is 13.7. The van der Waals surface area contributed by atoms with E-state index in [0.717, 1.165) is 43.8 Å². The van der Waals surface area contributed by atoms with Crippen LogP contribution in [0.2, 0.25) is 0 Å². The Bertz CT molecular complexity index is 1440. The molecule has 4 heteroatoms. The number of rotatable bonds is 2. The van der Waals surface area contributed by atoms with Crippen LogP contribution < -0.4 is 0 Å². The van der Waals surface area contributed by atoms with Crippen molar-refractivity contribution >= 4 is 45.1 Å². The molecule has 0 atom stereocenters. The van der Waals surface area contributed by atoms with E-state index in [-0.39, 0.29) is 0 Å². The Morgan fingerprint density at radius 1 is 0.679 bits per heavy atom. The largest absolute Gasteiger partial charge is 0.240 e. The Kier molecular flexibility index (Phi) is 3.40. The highest BCUT2D eigenvalue weighted by Gasteiger charge is 2.26. The Balaban J connectivity index is 2.12. The average molecular weight is 362 g/mol. The number of nitrogens with zero attached hydrogens (tertiary/aromatic N) is 2. The summed E-state index contributed by atoms with van der Waals surface area (Å²) in [6.07, 6.45) is 3.39. The summed E-state index contributed by atoms with van der Waals surface area (Å²) in [4.78, 5) is 30.6. The van der Waals surface area contributed by atoms with Gasteiger partial charge in [0.15, 0.2) is 0 Å². The predicted molar refractivity (Wildman–Crippen MR) is 111 cm³/mol. The first-order valence-electron chi connectivity index (χ1n) is 8.95. The SMILES string of the molecule is Cc1cc(C)c2cc1-c1ccc3c(N=C=O)c4ccccc4c(N=C=O)c3c1-2. The fourth-order valence-corrected chi connectivity index (χ4v) is 4.47. The van der Waals surface area contributed by atoms with Gasteiger partial charge in [0, 0.05) is 21.5 Å². The maximum atomic E-state index is 11.3. The summed E-state index contributed by atoms with van der Waals surface area (Å²) >= 11 is 0. The monoisotopic (exact) mass is 362 g/mol. The van der Waals surface area contributed by atoms with Crippen LogP contribution in [-0.4, -0.2) is 12.2 Å². The van der Waals surface area contributed by atoms with E-state index in [0.29, 0.717) is 11.4 Å². The summed E-state index contributed by atoms with van der Waals surface area (Å²) in [6, 6.07) is 15.9. The van der Waals surface area contributed by atoms with E-state index in [9.17, 15) is 9.59 Å². The molecule has 0 radical (unpaired) electrons. The molecule has 2 bridgehead atoms. The van der Waals surface area contributed by atoms with E-state index in [2.05, 4.69) is 42.0 Å². The molecule has 0 heterocycles. The van der Waals surface area contributed by atoms with Crippen molar-refractivity contribution in [1.82, 2.24) is 0 Å². The fourth-order valence-electron chi connectivity index (χ4n) is 4.47. The molecule has 0 unspecified atom stereocenters. The lowest BCUT2D eigenvalue weighted by molar-refractivity contribution is 0.564. The third kappa shape index (κ3) is 2.02. The van der Waals surface area contributed by atoms with Gasteiger partial charge in [0.25, 0.3) is 0 Å². The molecule has 28 heavy (non-hydrogen) atoms. The van der Waals surface area contributed by atoms with Gasteiger partial charge in [-0.05, 0) is 53.3 Å². The van der Waals surface area contributed by atoms with Gasteiger partial charge in [-0.3, -0.25) is 0 Å². The van der Waals surface area contributed by atoms with Crippen LogP contribution in [0.3, 0.4) is 0 Å². The molecule has 0 saturated heterocycles. The predicted octanol–water partition coefficient (Wildman–Crippen LogP) is 6.19. The summed E-state index contributed by atoms with van der Waals surface area (Å²) < 4.78 is 0. The van der Waals surface area contributed by atoms with Crippen LogP contribution in [0.5, 0.6) is 0 Å². The maximum absolute atomic E-state index is 11.3. The number of hydrogen-bond donors (Lipinski definition) is 0. The molecule has 1 aliphatic rings. The molecule has 0 spiro atoms. The molecule has 0 aromatic heterocycles. The van der Waals surface area contributed by atoms with E-state index in [4.69, 9.17) is 0 Å². The van der Waals surface area contributed by atoms with E-state index >= 15 is 0 Å². The van der Waals surface area contributed by atoms with Crippen LogP contribution in [-0.2, 0) is 9.59 Å². The number of isocyanates is 2. The van der Waals surface area contributed by atoms with Crippen molar-refractivity contribution in [2.75, 3.05) is 0 Å². The van der Waals surface area contributed by atoms with Gasteiger partial charge >= 0.3 is 0 Å². The molecule has 132 valence electrons. The molecule has 4 nitrogen and oxygen atoms in total. The van der Waals surface area contributed by atoms with E-state index < -0.39 is 0 Å². The highest BCUT2D eigenvalue weighted by atomic mass is 16.1. The topological polar surface area (TPSA) is 58.9 Å². The summed E-state index contributed by atoms with van der Waals surface area (Å²) in [5.74, 6) is 0. The van der Waals surface area contributed by atoms with E-state index in [1.165, 1.54) is 11.1 Å². The maximum Gasteiger partial charge on any atom is 0.240 e. The van der Waals surface area contributed by atoms with Crippen LogP contribution in [0.4, 0.5) is 11.4 Å². The lowest BCUT2D eigenvalue weighted by Crippen LogP contribution is -1.87. The van der Waals surface area contributed by atoms with Gasteiger partial charge in [-0.25, -0.2) is 9.59 Å². The number of hydrogen-bond acceptors (Lipinski definition) is 4. The van der Waals surface area contributed by atoms with Gasteiger partial charge in [0.1, 0.15) is 0 Å². The quantitative estimate of drug-likeness (QED) is 0.213. The van der Waals surface area contributed by atoms with Gasteiger partial charge in [-0.15, -0.1) is 0 Å². The molecule has 0 fully saturated rings. The number of benzene rings is 4. The summed E-state index contributed by atoms with van der Waals surface area (Å²) in [7, 11) is 0. The highest BCUT2D eigenvalue weighted by molar-refractivity contribution is 6.25. The third-order valence-corrected chi connectivity index (χ3v) is 5.58. The van der Waals surface area contributed by atoms with Crippen molar-refractivity contribution in [3.8, 4) is 22.3 Å². The second-order valence-corrected chi connectivity index (χ2v) is 7.04. The zero-order chi connectivity index (χ0) is 19.4. The molecule has 0 N–H and O–H groups in total. The van der Waals surface area contributed by atoms with Crippen LogP contribution in [0.1, 0.15) is 11.1 Å². The smallest absolute Gasteiger partial charge is 0.211 e. The van der Waals surface area contributed by atoms with Gasteiger partial charge in [0.05, 0.1) is 11.4 Å². The fraction of sp³-hybridized carbons (Fsp3) is 0.0833. The van der Waals surface area contributed by atoms with Crippen molar-refractivity contribution < 1.29 is 9.59 Å². The third-order valence-electron chi connectivity index (χ3n) is 5.58. The molecule has 4 aromatic carbocycles. The van der Waals surface area contributed by atoms with E-state index in [1.807, 2.05) is 30.3 Å². The second-order valence-electron chi connectivity index (χ2n) is 7.04. The Morgan fingerprint density at radius 3 is 2.04 bits per heavy atom. The summed E-state index contributed by atoms with van der Waals surface area (Å²) in [6.45, 7) is 4.17. The van der Waals surface area contributed by atoms with Crippen LogP contribution in [0.25, 0.3) is 43.8 Å². The molecule has 0 aliphatic heterocycles. The van der Waals surface area contributed by atoms with Crippen LogP contribution >= 0.6 is 0 Å². The molecular formula is C24H14N2O2. The van der Waals surface area contributed by atoms with Gasteiger partial charge < -0.3 is 0 Å². The van der Waals surface area contributed by atoms with Crippen LogP contribution in [0, 0.1) is 13.8 Å². The Labute approximate surface area is 160 Å². The lowest BCUT2D eigenvalue weighted by Gasteiger charge is -2.14. The minimum Gasteiger partial charge on any atom is -0.211 e. The van der Waals surface area contributed by atoms with Gasteiger partial charge in [-0.2, -0.15) is 9.98 Å². The Hall–Kier alpha value is -3.84. The molecule has 1 aliphatic carbocycles. The second kappa shape index (κ2) is 5.83. The standard InChI is InChI=1S/C24H14N2O2/c1-13-9-14(2)20-10-19(13)15-7-8-18-22(21(15)20)24(26-12-28)17-6-4-3-5-16(17)23(18)25-11-27/h3-10H,1-2H3. The van der Waals surface area contributed by atoms with Crippen molar-refractivity contribution in [3.63, 3.8) is 0 Å². The average Bonchev–Trinajstić information content (AvgIpc) is 3.05. The van der Waals surface area contributed by atoms with Crippen molar-refractivity contribution in [1.29, 1.82) is 0 Å². The zero-order valence-corrected chi connectivity index (χ0v) is 15.3. The van der Waals surface area contributed by atoms with Gasteiger partial charge in [0.2, 0.25) is 12.2 Å². The van der Waals surface area contributed by atoms with Crippen molar-refractivity contribution in [3.05, 3.63) is 59.7 Å². The number of fused-ring (bicyclic) bond motifs is 8. The molecular weight excluding hydrogens is 348 g/mol. The van der Waals surface area contributed by atoms with Crippen molar-refractivity contribution in [2.24, 2.45) is 9.98 Å². The number of aliphatic imine (C=N–C) groups is 2. The Morgan fingerprint density at radius 2 is 1.32 bits per heavy atom. The highest BCUT2D eigenvalue weighted by Crippen LogP contribution is 2.53. The van der Waals surface area contributed by atoms with E-state index in [1.54, 1.807) is 12.2 Å². The first kappa shape index (κ1) is 16.3. The van der Waals surface area contributed by atoms with Crippen molar-refractivity contribution in [2.45, 2.75) is 13.8 Å². The number of aryl methyl sites for hydroxylation is 2. The summed E-state index contributed by atoms with van der Waals surface area (Å²) in [5.41, 5.74) is 7.87. The summed E-state index contributed by atoms with van der Waals surface area (Å²) in [5, 5.41) is 3.10. The number of carbonyl (C=O) groups excluding carboxylic acids is 2. The molecule has 0 amide bonds. The van der Waals surface area contributed by atoms with Gasteiger partial charge in [-0.1, -0.05) is 42.5 Å². The minimum absolute atomic E-state index is 0.544. The normalized spacial score (nSPS) is 11.2. The minimum atomic E-state index is 0.544. The first-order valence-corrected chi connectivity index (χ1v) is 8.95. The lowest BCUT2D eigenvalue weighted by atomic mass is 9.91. The molecule has 0 saturated carbocycles.